The van der Waals surface area contributed by atoms with Crippen LogP contribution in [-0.4, -0.2) is 57.0 Å². The van der Waals surface area contributed by atoms with Crippen molar-refractivity contribution in [2.24, 2.45) is 11.8 Å². The van der Waals surface area contributed by atoms with E-state index in [0.717, 1.165) is 36.7 Å². The van der Waals surface area contributed by atoms with Crippen LogP contribution in [0.3, 0.4) is 0 Å². The van der Waals surface area contributed by atoms with Crippen molar-refractivity contribution in [3.8, 4) is 5.75 Å². The summed E-state index contributed by atoms with van der Waals surface area (Å²) in [6, 6.07) is 7.83. The van der Waals surface area contributed by atoms with E-state index in [9.17, 15) is 4.79 Å². The third kappa shape index (κ3) is 4.48. The number of fused-ring (bicyclic) bond motifs is 1. The summed E-state index contributed by atoms with van der Waals surface area (Å²) in [5.74, 6) is 2.95. The number of hydrogen-bond acceptors (Lipinski definition) is 6. The first-order valence-corrected chi connectivity index (χ1v) is 11.0. The van der Waals surface area contributed by atoms with Gasteiger partial charge in [-0.05, 0) is 52.8 Å². The van der Waals surface area contributed by atoms with Gasteiger partial charge >= 0.3 is 0 Å². The predicted molar refractivity (Wildman–Crippen MR) is 107 cm³/mol. The molecule has 2 heterocycles. The molecule has 2 aromatic rings. The number of aromatic nitrogens is 4. The quantitative estimate of drug-likeness (QED) is 0.693. The number of hydrogen-bond donors (Lipinski definition) is 0. The fourth-order valence-electron chi connectivity index (χ4n) is 4.35. The third-order valence-electron chi connectivity index (χ3n) is 5.96. The molecule has 1 aromatic heterocycles. The summed E-state index contributed by atoms with van der Waals surface area (Å²) in [4.78, 5) is 14.8. The van der Waals surface area contributed by atoms with E-state index in [2.05, 4.69) is 20.4 Å². The Hall–Kier alpha value is -2.09. The number of nitrogens with zero attached hydrogens (tertiary/aromatic N) is 5. The van der Waals surface area contributed by atoms with E-state index in [1.807, 2.05) is 24.3 Å². The Labute approximate surface area is 169 Å². The Bertz CT molecular complexity index is 794. The average molecular weight is 402 g/mol. The fourth-order valence-corrected chi connectivity index (χ4v) is 5.13. The topological polar surface area (TPSA) is 73.1 Å². The molecule has 0 radical (unpaired) electrons. The summed E-state index contributed by atoms with van der Waals surface area (Å²) >= 11 is 1.42. The molecule has 2 atom stereocenters. The molecule has 1 saturated carbocycles. The molecule has 2 unspecified atom stereocenters. The van der Waals surface area contributed by atoms with Crippen molar-refractivity contribution >= 4 is 17.7 Å². The Morgan fingerprint density at radius 1 is 1.18 bits per heavy atom. The number of piperidine rings is 1. The lowest BCUT2D eigenvalue weighted by molar-refractivity contribution is -0.131. The van der Waals surface area contributed by atoms with Crippen molar-refractivity contribution < 1.29 is 9.53 Å². The first-order chi connectivity index (χ1) is 13.7. The van der Waals surface area contributed by atoms with Crippen LogP contribution in [0.5, 0.6) is 5.75 Å². The largest absolute Gasteiger partial charge is 0.497 e. The molecule has 8 heteroatoms. The normalized spacial score (nSPS) is 22.0. The predicted octanol–water partition coefficient (Wildman–Crippen LogP) is 2.86. The Balaban J connectivity index is 1.31. The van der Waals surface area contributed by atoms with E-state index >= 15 is 0 Å². The maximum atomic E-state index is 12.7. The van der Waals surface area contributed by atoms with Crippen LogP contribution in [-0.2, 0) is 11.3 Å². The van der Waals surface area contributed by atoms with Crippen LogP contribution in [0, 0.1) is 11.8 Å². The average Bonchev–Trinajstić information content (AvgIpc) is 3.19. The summed E-state index contributed by atoms with van der Waals surface area (Å²) in [7, 11) is 1.65. The molecule has 1 aromatic carbocycles. The molecule has 150 valence electrons. The molecule has 1 aliphatic heterocycles. The fraction of sp³-hybridized carbons (Fsp3) is 0.600. The SMILES string of the molecule is COc1ccc(Cn2nnnc2SCC(=O)N2CCC3CCCCC3C2)cc1. The van der Waals surface area contributed by atoms with E-state index in [0.29, 0.717) is 23.4 Å². The smallest absolute Gasteiger partial charge is 0.233 e. The summed E-state index contributed by atoms with van der Waals surface area (Å²) < 4.78 is 6.93. The van der Waals surface area contributed by atoms with Gasteiger partial charge in [-0.3, -0.25) is 4.79 Å². The molecule has 1 amide bonds. The second kappa shape index (κ2) is 8.94. The standard InChI is InChI=1S/C20H27N5O2S/c1-27-18-8-6-15(7-9-18)12-25-20(21-22-23-25)28-14-19(26)24-11-10-16-4-2-3-5-17(16)13-24/h6-9,16-17H,2-5,10-14H2,1H3. The van der Waals surface area contributed by atoms with Crippen LogP contribution < -0.4 is 4.74 Å². The van der Waals surface area contributed by atoms with Gasteiger partial charge in [0.25, 0.3) is 0 Å². The van der Waals surface area contributed by atoms with Gasteiger partial charge in [-0.1, -0.05) is 43.2 Å². The molecule has 1 aliphatic carbocycles. The maximum Gasteiger partial charge on any atom is 0.233 e. The first-order valence-electron chi connectivity index (χ1n) is 10.0. The Morgan fingerprint density at radius 3 is 2.75 bits per heavy atom. The molecule has 7 nitrogen and oxygen atoms in total. The van der Waals surface area contributed by atoms with Gasteiger partial charge in [0.15, 0.2) is 0 Å². The van der Waals surface area contributed by atoms with Crippen LogP contribution >= 0.6 is 11.8 Å². The van der Waals surface area contributed by atoms with Crippen molar-refractivity contribution in [1.29, 1.82) is 0 Å². The molecule has 28 heavy (non-hydrogen) atoms. The summed E-state index contributed by atoms with van der Waals surface area (Å²) in [5.41, 5.74) is 1.08. The lowest BCUT2D eigenvalue weighted by Gasteiger charge is -2.41. The number of amides is 1. The summed E-state index contributed by atoms with van der Waals surface area (Å²) in [6.45, 7) is 2.40. The molecular weight excluding hydrogens is 374 g/mol. The number of rotatable bonds is 6. The molecule has 0 bridgehead atoms. The van der Waals surface area contributed by atoms with Crippen molar-refractivity contribution in [2.45, 2.75) is 43.8 Å². The van der Waals surface area contributed by atoms with Gasteiger partial charge in [0.1, 0.15) is 5.75 Å². The van der Waals surface area contributed by atoms with Crippen LogP contribution in [0.1, 0.15) is 37.7 Å². The van der Waals surface area contributed by atoms with Gasteiger partial charge in [0, 0.05) is 13.1 Å². The van der Waals surface area contributed by atoms with Crippen LogP contribution in [0.15, 0.2) is 29.4 Å². The van der Waals surface area contributed by atoms with Gasteiger partial charge in [0.05, 0.1) is 19.4 Å². The van der Waals surface area contributed by atoms with E-state index in [4.69, 9.17) is 4.74 Å². The highest BCUT2D eigenvalue weighted by molar-refractivity contribution is 7.99. The second-order valence-corrected chi connectivity index (χ2v) is 8.63. The third-order valence-corrected chi connectivity index (χ3v) is 6.90. The Morgan fingerprint density at radius 2 is 1.96 bits per heavy atom. The Kier molecular flexibility index (Phi) is 6.14. The maximum absolute atomic E-state index is 12.7. The number of benzene rings is 1. The van der Waals surface area contributed by atoms with Crippen LogP contribution in [0.25, 0.3) is 0 Å². The van der Waals surface area contributed by atoms with Gasteiger partial charge in [-0.25, -0.2) is 4.68 Å². The molecule has 2 aliphatic rings. The molecular formula is C20H27N5O2S. The highest BCUT2D eigenvalue weighted by Gasteiger charge is 2.32. The van der Waals surface area contributed by atoms with Gasteiger partial charge in [-0.15, -0.1) is 5.10 Å². The number of methoxy groups -OCH3 is 1. The lowest BCUT2D eigenvalue weighted by Crippen LogP contribution is -2.45. The zero-order chi connectivity index (χ0) is 19.3. The van der Waals surface area contributed by atoms with Gasteiger partial charge < -0.3 is 9.64 Å². The van der Waals surface area contributed by atoms with Crippen molar-refractivity contribution in [3.63, 3.8) is 0 Å². The molecule has 2 fully saturated rings. The first kappa shape index (κ1) is 19.2. The van der Waals surface area contributed by atoms with Crippen LogP contribution in [0.4, 0.5) is 0 Å². The van der Waals surface area contributed by atoms with Crippen molar-refractivity contribution in [1.82, 2.24) is 25.1 Å². The van der Waals surface area contributed by atoms with Crippen molar-refractivity contribution in [2.75, 3.05) is 26.0 Å². The zero-order valence-electron chi connectivity index (χ0n) is 16.3. The highest BCUT2D eigenvalue weighted by atomic mass is 32.2. The second-order valence-electron chi connectivity index (χ2n) is 7.69. The summed E-state index contributed by atoms with van der Waals surface area (Å²) in [6.07, 6.45) is 6.47. The zero-order valence-corrected chi connectivity index (χ0v) is 17.1. The molecule has 4 rings (SSSR count). The van der Waals surface area contributed by atoms with E-state index in [-0.39, 0.29) is 5.91 Å². The minimum Gasteiger partial charge on any atom is -0.497 e. The van der Waals surface area contributed by atoms with Crippen LogP contribution in [0.2, 0.25) is 0 Å². The number of carbonyl (C=O) groups is 1. The van der Waals surface area contributed by atoms with Gasteiger partial charge in [-0.2, -0.15) is 0 Å². The van der Waals surface area contributed by atoms with Crippen molar-refractivity contribution in [3.05, 3.63) is 29.8 Å². The number of likely N-dealkylation sites (tertiary alicyclic amines) is 1. The summed E-state index contributed by atoms with van der Waals surface area (Å²) in [5, 5.41) is 12.6. The monoisotopic (exact) mass is 401 g/mol. The molecule has 0 N–H and O–H groups in total. The minimum atomic E-state index is 0.202. The molecule has 1 saturated heterocycles. The number of thioether (sulfide) groups is 1. The lowest BCUT2D eigenvalue weighted by atomic mass is 9.75. The number of tetrazole rings is 1. The van der Waals surface area contributed by atoms with E-state index in [1.165, 1.54) is 37.4 Å². The van der Waals surface area contributed by atoms with E-state index in [1.54, 1.807) is 11.8 Å². The minimum absolute atomic E-state index is 0.202. The molecule has 0 spiro atoms. The highest BCUT2D eigenvalue weighted by Crippen LogP contribution is 2.36. The number of ether oxygens (including phenoxy) is 1. The van der Waals surface area contributed by atoms with E-state index < -0.39 is 0 Å². The van der Waals surface area contributed by atoms with Gasteiger partial charge in [0.2, 0.25) is 11.1 Å². The number of carbonyl (C=O) groups excluding carboxylic acids is 1.